The molecule has 0 aromatic rings. The lowest BCUT2D eigenvalue weighted by Gasteiger charge is -2.19. The number of carboxylic acid groups (broad SMARTS) is 1. The van der Waals surface area contributed by atoms with Gasteiger partial charge in [0.15, 0.2) is 6.61 Å². The second-order valence-corrected chi connectivity index (χ2v) is 3.90. The summed E-state index contributed by atoms with van der Waals surface area (Å²) in [4.78, 5) is 28.0. The van der Waals surface area contributed by atoms with Gasteiger partial charge < -0.3 is 10.4 Å². The van der Waals surface area contributed by atoms with Crippen LogP contribution in [0.25, 0.3) is 0 Å². The van der Waals surface area contributed by atoms with Gasteiger partial charge >= 0.3 is 12.0 Å². The zero-order valence-corrected chi connectivity index (χ0v) is 9.94. The maximum Gasteiger partial charge on any atom is 0.338 e. The molecule has 0 saturated heterocycles. The van der Waals surface area contributed by atoms with Gasteiger partial charge in [-0.15, -0.1) is 0 Å². The van der Waals surface area contributed by atoms with E-state index >= 15 is 0 Å². The Morgan fingerprint density at radius 3 is 2.71 bits per heavy atom. The van der Waals surface area contributed by atoms with Crippen molar-refractivity contribution in [2.45, 2.75) is 25.8 Å². The Morgan fingerprint density at radius 2 is 2.18 bits per heavy atom. The Hall–Kier alpha value is -1.34. The second kappa shape index (κ2) is 7.08. The van der Waals surface area contributed by atoms with Crippen molar-refractivity contribution in [1.82, 2.24) is 15.7 Å². The summed E-state index contributed by atoms with van der Waals surface area (Å²) >= 11 is 0. The molecule has 0 radical (unpaired) electrons. The molecule has 0 aromatic heterocycles. The van der Waals surface area contributed by atoms with Crippen LogP contribution in [0.5, 0.6) is 0 Å². The van der Waals surface area contributed by atoms with Crippen molar-refractivity contribution in [3.63, 3.8) is 0 Å². The fraction of sp³-hybridized carbons (Fsp3) is 0.800. The molecule has 0 aromatic carbocycles. The van der Waals surface area contributed by atoms with Crippen LogP contribution in [-0.4, -0.2) is 54.3 Å². The highest BCUT2D eigenvalue weighted by Gasteiger charge is 2.27. The van der Waals surface area contributed by atoms with Crippen LogP contribution in [0.3, 0.4) is 0 Å². The second-order valence-electron chi connectivity index (χ2n) is 3.90. The number of urea groups is 1. The van der Waals surface area contributed by atoms with Crippen molar-refractivity contribution >= 4 is 12.0 Å². The molecular formula is C10H19N3O4. The average Bonchev–Trinajstić information content (AvgIpc) is 3.08. The predicted molar refractivity (Wildman–Crippen MR) is 60.4 cm³/mol. The highest BCUT2D eigenvalue weighted by molar-refractivity contribution is 5.73. The number of hydroxylamine groups is 1. The lowest BCUT2D eigenvalue weighted by atomic mass is 10.4. The first-order chi connectivity index (χ1) is 8.13. The van der Waals surface area contributed by atoms with E-state index in [1.165, 1.54) is 12.8 Å². The highest BCUT2D eigenvalue weighted by atomic mass is 16.7. The normalized spacial score (nSPS) is 14.7. The van der Waals surface area contributed by atoms with E-state index in [0.717, 1.165) is 13.1 Å². The van der Waals surface area contributed by atoms with E-state index in [2.05, 4.69) is 22.0 Å². The lowest BCUT2D eigenvalue weighted by molar-refractivity contribution is -0.144. The van der Waals surface area contributed by atoms with Gasteiger partial charge in [-0.3, -0.25) is 9.74 Å². The molecular weight excluding hydrogens is 226 g/mol. The van der Waals surface area contributed by atoms with Crippen LogP contribution in [0.4, 0.5) is 4.79 Å². The third-order valence-electron chi connectivity index (χ3n) is 2.51. The number of carbonyl (C=O) groups excluding carboxylic acids is 1. The smallest absolute Gasteiger partial charge is 0.338 e. The summed E-state index contributed by atoms with van der Waals surface area (Å²) in [5.41, 5.74) is 2.00. The lowest BCUT2D eigenvalue weighted by Crippen LogP contribution is -2.41. The van der Waals surface area contributed by atoms with Gasteiger partial charge in [0.05, 0.1) is 0 Å². The number of carbonyl (C=O) groups is 2. The number of hydrogen-bond acceptors (Lipinski definition) is 4. The van der Waals surface area contributed by atoms with E-state index < -0.39 is 18.6 Å². The maximum atomic E-state index is 11.1. The van der Waals surface area contributed by atoms with Gasteiger partial charge in [-0.2, -0.15) is 0 Å². The van der Waals surface area contributed by atoms with Crippen molar-refractivity contribution in [1.29, 1.82) is 0 Å². The van der Waals surface area contributed by atoms with Crippen LogP contribution in [0.2, 0.25) is 0 Å². The Labute approximate surface area is 100 Å². The largest absolute Gasteiger partial charge is 0.479 e. The Kier molecular flexibility index (Phi) is 5.71. The fourth-order valence-electron chi connectivity index (χ4n) is 1.55. The molecule has 2 amide bonds. The number of carboxylic acids is 1. The first-order valence-electron chi connectivity index (χ1n) is 5.75. The molecule has 1 rings (SSSR count). The molecule has 1 aliphatic carbocycles. The number of nitrogens with zero attached hydrogens (tertiary/aromatic N) is 1. The minimum absolute atomic E-state index is 0.516. The van der Waals surface area contributed by atoms with E-state index in [4.69, 9.17) is 5.11 Å². The predicted octanol–water partition coefficient (Wildman–Crippen LogP) is -0.214. The number of nitrogens with one attached hydrogen (secondary N) is 2. The zero-order chi connectivity index (χ0) is 12.7. The number of rotatable bonds is 8. The fourth-order valence-corrected chi connectivity index (χ4v) is 1.55. The monoisotopic (exact) mass is 245 g/mol. The van der Waals surface area contributed by atoms with Crippen LogP contribution < -0.4 is 10.8 Å². The average molecular weight is 245 g/mol. The molecule has 7 heteroatoms. The summed E-state index contributed by atoms with van der Waals surface area (Å²) < 4.78 is 0. The van der Waals surface area contributed by atoms with E-state index in [0.29, 0.717) is 12.6 Å². The van der Waals surface area contributed by atoms with Gasteiger partial charge in [0.2, 0.25) is 0 Å². The summed E-state index contributed by atoms with van der Waals surface area (Å²) in [6.07, 6.45) is 2.48. The van der Waals surface area contributed by atoms with Gasteiger partial charge in [0.1, 0.15) is 0 Å². The molecule has 1 saturated carbocycles. The van der Waals surface area contributed by atoms with Gasteiger partial charge in [-0.25, -0.2) is 15.1 Å². The molecule has 0 heterocycles. The summed E-state index contributed by atoms with van der Waals surface area (Å²) in [5, 5.41) is 10.9. The molecule has 7 nitrogen and oxygen atoms in total. The van der Waals surface area contributed by atoms with Gasteiger partial charge in [0, 0.05) is 19.1 Å². The van der Waals surface area contributed by atoms with Crippen molar-refractivity contribution in [3.8, 4) is 0 Å². The molecule has 0 atom stereocenters. The van der Waals surface area contributed by atoms with E-state index in [1.54, 1.807) is 0 Å². The van der Waals surface area contributed by atoms with Gasteiger partial charge in [-0.1, -0.05) is 6.92 Å². The molecule has 98 valence electrons. The van der Waals surface area contributed by atoms with Gasteiger partial charge in [0.25, 0.3) is 0 Å². The molecule has 0 aliphatic heterocycles. The molecule has 0 bridgehead atoms. The molecule has 0 unspecified atom stereocenters. The third-order valence-corrected chi connectivity index (χ3v) is 2.51. The Bertz CT molecular complexity index is 268. The third kappa shape index (κ3) is 6.08. The van der Waals surface area contributed by atoms with Crippen molar-refractivity contribution < 1.29 is 19.5 Å². The van der Waals surface area contributed by atoms with Crippen LogP contribution in [-0.2, 0) is 9.63 Å². The van der Waals surface area contributed by atoms with E-state index in [1.807, 2.05) is 5.48 Å². The summed E-state index contributed by atoms with van der Waals surface area (Å²) in [5.74, 6) is -1.13. The van der Waals surface area contributed by atoms with E-state index in [9.17, 15) is 9.59 Å². The van der Waals surface area contributed by atoms with Crippen molar-refractivity contribution in [2.24, 2.45) is 0 Å². The minimum atomic E-state index is -1.13. The van der Waals surface area contributed by atoms with Crippen molar-refractivity contribution in [3.05, 3.63) is 0 Å². The number of aliphatic carboxylic acids is 1. The topological polar surface area (TPSA) is 90.9 Å². The number of hydrogen-bond donors (Lipinski definition) is 3. The highest BCUT2D eigenvalue weighted by Crippen LogP contribution is 2.25. The molecule has 1 aliphatic rings. The Morgan fingerprint density at radius 1 is 1.47 bits per heavy atom. The zero-order valence-electron chi connectivity index (χ0n) is 9.94. The molecule has 17 heavy (non-hydrogen) atoms. The SMILES string of the molecule is CCN(CCNC(=O)NOCC(=O)O)C1CC1. The van der Waals surface area contributed by atoms with Crippen LogP contribution in [0.15, 0.2) is 0 Å². The number of likely N-dealkylation sites (N-methyl/N-ethyl adjacent to an activating group) is 1. The summed E-state index contributed by atoms with van der Waals surface area (Å²) in [6, 6.07) is 0.159. The number of amides is 2. The van der Waals surface area contributed by atoms with Crippen LogP contribution >= 0.6 is 0 Å². The van der Waals surface area contributed by atoms with Crippen LogP contribution in [0.1, 0.15) is 19.8 Å². The van der Waals surface area contributed by atoms with Gasteiger partial charge in [-0.05, 0) is 19.4 Å². The van der Waals surface area contributed by atoms with Crippen molar-refractivity contribution in [2.75, 3.05) is 26.2 Å². The van der Waals surface area contributed by atoms with E-state index in [-0.39, 0.29) is 0 Å². The molecule has 0 spiro atoms. The first-order valence-corrected chi connectivity index (χ1v) is 5.75. The van der Waals surface area contributed by atoms with Crippen LogP contribution in [0, 0.1) is 0 Å². The minimum Gasteiger partial charge on any atom is -0.479 e. The quantitative estimate of drug-likeness (QED) is 0.515. The maximum absolute atomic E-state index is 11.1. The Balaban J connectivity index is 2.00. The summed E-state index contributed by atoms with van der Waals surface area (Å²) in [7, 11) is 0. The first kappa shape index (κ1) is 13.7. The standard InChI is InChI=1S/C10H19N3O4/c1-2-13(8-3-4-8)6-5-11-10(16)12-17-7-9(14)15/h8H,2-7H2,1H3,(H,14,15)(H2,11,12,16). The molecule has 3 N–H and O–H groups in total. The summed E-state index contributed by atoms with van der Waals surface area (Å²) in [6.45, 7) is 3.84. The molecule has 1 fully saturated rings.